The highest BCUT2D eigenvalue weighted by Gasteiger charge is 2.08. The van der Waals surface area contributed by atoms with Crippen molar-refractivity contribution >= 4 is 5.95 Å². The summed E-state index contributed by atoms with van der Waals surface area (Å²) in [6, 6.07) is 8.27. The van der Waals surface area contributed by atoms with Gasteiger partial charge in [-0.3, -0.25) is 0 Å². The van der Waals surface area contributed by atoms with Crippen LogP contribution >= 0.6 is 0 Å². The standard InChI is InChI=1S/C12H9FN4O/c1-15-12-16-7-10(13)11(17-12)18-9-4-2-8(6-14)3-5-9/h2-5,7H,1H3,(H,15,16,17). The van der Waals surface area contributed by atoms with Crippen molar-refractivity contribution in [1.29, 1.82) is 5.26 Å². The molecular formula is C12H9FN4O. The Hall–Kier alpha value is -2.68. The molecule has 0 bridgehead atoms. The van der Waals surface area contributed by atoms with E-state index in [0.717, 1.165) is 6.20 Å². The summed E-state index contributed by atoms with van der Waals surface area (Å²) in [6.07, 6.45) is 1.03. The molecule has 0 amide bonds. The van der Waals surface area contributed by atoms with E-state index in [9.17, 15) is 4.39 Å². The predicted octanol–water partition coefficient (Wildman–Crippen LogP) is 2.32. The van der Waals surface area contributed by atoms with Crippen molar-refractivity contribution in [3.63, 3.8) is 0 Å². The van der Waals surface area contributed by atoms with Crippen LogP contribution in [0.2, 0.25) is 0 Å². The van der Waals surface area contributed by atoms with E-state index in [1.807, 2.05) is 6.07 Å². The maximum absolute atomic E-state index is 13.4. The SMILES string of the molecule is CNc1ncc(F)c(Oc2ccc(C#N)cc2)n1. The Morgan fingerprint density at radius 1 is 1.33 bits per heavy atom. The lowest BCUT2D eigenvalue weighted by molar-refractivity contribution is 0.421. The predicted molar refractivity (Wildman–Crippen MR) is 62.8 cm³/mol. The Kier molecular flexibility index (Phi) is 3.34. The highest BCUT2D eigenvalue weighted by Crippen LogP contribution is 2.22. The first-order chi connectivity index (χ1) is 8.72. The minimum Gasteiger partial charge on any atom is -0.436 e. The zero-order valence-electron chi connectivity index (χ0n) is 9.51. The molecular weight excluding hydrogens is 235 g/mol. The van der Waals surface area contributed by atoms with Gasteiger partial charge in [0.2, 0.25) is 11.8 Å². The zero-order chi connectivity index (χ0) is 13.0. The Labute approximate surface area is 103 Å². The van der Waals surface area contributed by atoms with Gasteiger partial charge in [0.1, 0.15) is 5.75 Å². The molecule has 0 radical (unpaired) electrons. The quantitative estimate of drug-likeness (QED) is 0.897. The number of nitrogens with zero attached hydrogens (tertiary/aromatic N) is 3. The molecule has 0 spiro atoms. The van der Waals surface area contributed by atoms with Gasteiger partial charge in [-0.1, -0.05) is 0 Å². The first-order valence-corrected chi connectivity index (χ1v) is 5.11. The minimum atomic E-state index is -0.654. The maximum atomic E-state index is 13.4. The number of nitriles is 1. The van der Waals surface area contributed by atoms with Crippen molar-refractivity contribution in [3.05, 3.63) is 41.8 Å². The summed E-state index contributed by atoms with van der Waals surface area (Å²) in [5.74, 6) is -0.161. The van der Waals surface area contributed by atoms with Gasteiger partial charge in [0.15, 0.2) is 0 Å². The summed E-state index contributed by atoms with van der Waals surface area (Å²) in [7, 11) is 1.62. The van der Waals surface area contributed by atoms with E-state index in [1.165, 1.54) is 0 Å². The Bertz CT molecular complexity index is 592. The largest absolute Gasteiger partial charge is 0.436 e. The molecule has 1 N–H and O–H groups in total. The molecule has 0 atom stereocenters. The van der Waals surface area contributed by atoms with Crippen LogP contribution in [-0.2, 0) is 0 Å². The van der Waals surface area contributed by atoms with E-state index < -0.39 is 5.82 Å². The molecule has 5 nitrogen and oxygen atoms in total. The molecule has 18 heavy (non-hydrogen) atoms. The summed E-state index contributed by atoms with van der Waals surface area (Å²) in [5, 5.41) is 11.3. The molecule has 0 aliphatic rings. The van der Waals surface area contributed by atoms with Crippen molar-refractivity contribution in [2.45, 2.75) is 0 Å². The van der Waals surface area contributed by atoms with E-state index in [0.29, 0.717) is 11.3 Å². The molecule has 2 rings (SSSR count). The Morgan fingerprint density at radius 3 is 2.67 bits per heavy atom. The highest BCUT2D eigenvalue weighted by molar-refractivity contribution is 5.37. The Morgan fingerprint density at radius 2 is 2.06 bits per heavy atom. The number of aromatic nitrogens is 2. The van der Waals surface area contributed by atoms with E-state index in [2.05, 4.69) is 15.3 Å². The summed E-state index contributed by atoms with van der Waals surface area (Å²) in [6.45, 7) is 0. The van der Waals surface area contributed by atoms with Crippen LogP contribution in [0.25, 0.3) is 0 Å². The molecule has 0 aliphatic heterocycles. The van der Waals surface area contributed by atoms with E-state index >= 15 is 0 Å². The first-order valence-electron chi connectivity index (χ1n) is 5.11. The fourth-order valence-electron chi connectivity index (χ4n) is 1.25. The van der Waals surface area contributed by atoms with Gasteiger partial charge < -0.3 is 10.1 Å². The van der Waals surface area contributed by atoms with Crippen LogP contribution in [0.4, 0.5) is 10.3 Å². The third kappa shape index (κ3) is 2.52. The van der Waals surface area contributed by atoms with Crippen molar-refractivity contribution < 1.29 is 9.13 Å². The van der Waals surface area contributed by atoms with E-state index in [-0.39, 0.29) is 11.8 Å². The number of benzene rings is 1. The van der Waals surface area contributed by atoms with Crippen LogP contribution in [0, 0.1) is 17.1 Å². The molecule has 6 heteroatoms. The van der Waals surface area contributed by atoms with Crippen molar-refractivity contribution in [1.82, 2.24) is 9.97 Å². The second-order valence-corrected chi connectivity index (χ2v) is 3.33. The number of nitrogens with one attached hydrogen (secondary N) is 1. The highest BCUT2D eigenvalue weighted by atomic mass is 19.1. The lowest BCUT2D eigenvalue weighted by atomic mass is 10.2. The van der Waals surface area contributed by atoms with Crippen LogP contribution in [0.15, 0.2) is 30.5 Å². The number of anilines is 1. The fraction of sp³-hybridized carbons (Fsp3) is 0.0833. The number of hydrogen-bond donors (Lipinski definition) is 1. The van der Waals surface area contributed by atoms with Gasteiger partial charge >= 0.3 is 0 Å². The first kappa shape index (κ1) is 11.8. The zero-order valence-corrected chi connectivity index (χ0v) is 9.51. The van der Waals surface area contributed by atoms with Gasteiger partial charge in [-0.15, -0.1) is 0 Å². The molecule has 90 valence electrons. The van der Waals surface area contributed by atoms with Crippen LogP contribution < -0.4 is 10.1 Å². The number of ether oxygens (including phenoxy) is 1. The molecule has 1 aromatic carbocycles. The van der Waals surface area contributed by atoms with Gasteiger partial charge in [0.25, 0.3) is 5.88 Å². The second kappa shape index (κ2) is 5.10. The average Bonchev–Trinajstić information content (AvgIpc) is 2.42. The Balaban J connectivity index is 2.25. The molecule has 1 aromatic heterocycles. The summed E-state index contributed by atoms with van der Waals surface area (Å²) in [5.41, 5.74) is 0.501. The second-order valence-electron chi connectivity index (χ2n) is 3.33. The lowest BCUT2D eigenvalue weighted by Gasteiger charge is -2.06. The van der Waals surface area contributed by atoms with Gasteiger partial charge in [-0.25, -0.2) is 4.98 Å². The van der Waals surface area contributed by atoms with Gasteiger partial charge in [0, 0.05) is 7.05 Å². The minimum absolute atomic E-state index is 0.168. The number of hydrogen-bond acceptors (Lipinski definition) is 5. The van der Waals surface area contributed by atoms with Crippen molar-refractivity contribution in [3.8, 4) is 17.7 Å². The third-order valence-corrected chi connectivity index (χ3v) is 2.13. The molecule has 0 fully saturated rings. The molecule has 0 aliphatic carbocycles. The summed E-state index contributed by atoms with van der Waals surface area (Å²) in [4.78, 5) is 7.55. The smallest absolute Gasteiger partial charge is 0.260 e. The van der Waals surface area contributed by atoms with Crippen LogP contribution in [-0.4, -0.2) is 17.0 Å². The topological polar surface area (TPSA) is 70.8 Å². The van der Waals surface area contributed by atoms with E-state index in [1.54, 1.807) is 31.3 Å². The number of halogens is 1. The molecule has 2 aromatic rings. The van der Waals surface area contributed by atoms with Crippen LogP contribution in [0.5, 0.6) is 11.6 Å². The van der Waals surface area contributed by atoms with Crippen LogP contribution in [0.3, 0.4) is 0 Å². The monoisotopic (exact) mass is 244 g/mol. The maximum Gasteiger partial charge on any atom is 0.260 e. The van der Waals surface area contributed by atoms with Gasteiger partial charge in [-0.2, -0.15) is 14.6 Å². The normalized spacial score (nSPS) is 9.61. The molecule has 0 saturated carbocycles. The van der Waals surface area contributed by atoms with E-state index in [4.69, 9.17) is 10.00 Å². The van der Waals surface area contributed by atoms with Gasteiger partial charge in [0.05, 0.1) is 17.8 Å². The fourth-order valence-corrected chi connectivity index (χ4v) is 1.25. The van der Waals surface area contributed by atoms with Gasteiger partial charge in [-0.05, 0) is 24.3 Å². The molecule has 0 unspecified atom stereocenters. The summed E-state index contributed by atoms with van der Waals surface area (Å²) >= 11 is 0. The summed E-state index contributed by atoms with van der Waals surface area (Å²) < 4.78 is 18.7. The third-order valence-electron chi connectivity index (χ3n) is 2.13. The molecule has 1 heterocycles. The van der Waals surface area contributed by atoms with Crippen molar-refractivity contribution in [2.24, 2.45) is 0 Å². The van der Waals surface area contributed by atoms with Crippen LogP contribution in [0.1, 0.15) is 5.56 Å². The van der Waals surface area contributed by atoms with Crippen molar-refractivity contribution in [2.75, 3.05) is 12.4 Å². The number of rotatable bonds is 3. The lowest BCUT2D eigenvalue weighted by Crippen LogP contribution is -2.00. The molecule has 0 saturated heterocycles. The average molecular weight is 244 g/mol.